The van der Waals surface area contributed by atoms with E-state index in [1.54, 1.807) is 0 Å². The van der Waals surface area contributed by atoms with Gasteiger partial charge in [0, 0.05) is 6.42 Å². The van der Waals surface area contributed by atoms with Crippen molar-refractivity contribution in [3.8, 4) is 0 Å². The second kappa shape index (κ2) is 5.47. The number of carbonyl (C=O) groups excluding carboxylic acids is 1. The van der Waals surface area contributed by atoms with Crippen molar-refractivity contribution in [3.63, 3.8) is 0 Å². The average molecular weight is 265 g/mol. The molecule has 1 rings (SSSR count). The number of carbonyl (C=O) groups is 1. The number of aliphatic hydroxyl groups excluding tert-OH is 4. The van der Waals surface area contributed by atoms with Gasteiger partial charge in [-0.05, 0) is 5.92 Å². The monoisotopic (exact) mass is 265 g/mol. The molecule has 0 radical (unpaired) electrons. The van der Waals surface area contributed by atoms with Crippen LogP contribution in [0.2, 0.25) is 0 Å². The first kappa shape index (κ1) is 15.3. The summed E-state index contributed by atoms with van der Waals surface area (Å²) in [6.07, 6.45) is -6.80. The normalized spacial score (nSPS) is 42.6. The van der Waals surface area contributed by atoms with Crippen LogP contribution >= 0.6 is 0 Å². The smallest absolute Gasteiger partial charge is 0.217 e. The molecule has 0 spiro atoms. The Hall–Kier alpha value is -0.770. The van der Waals surface area contributed by atoms with Crippen molar-refractivity contribution in [1.82, 2.24) is 0 Å². The minimum atomic E-state index is -2.19. The van der Waals surface area contributed by atoms with Crippen LogP contribution in [-0.4, -0.2) is 68.2 Å². The van der Waals surface area contributed by atoms with Gasteiger partial charge < -0.3 is 36.0 Å². The van der Waals surface area contributed by atoms with E-state index in [0.29, 0.717) is 0 Å². The number of ether oxygens (including phenoxy) is 1. The second-order valence-corrected chi connectivity index (χ2v) is 4.60. The highest BCUT2D eigenvalue weighted by Gasteiger charge is 2.57. The summed E-state index contributed by atoms with van der Waals surface area (Å²) in [5.74, 6) is -1.65. The molecule has 1 aliphatic heterocycles. The van der Waals surface area contributed by atoms with Crippen molar-refractivity contribution >= 4 is 5.91 Å². The Labute approximate surface area is 104 Å². The quantitative estimate of drug-likeness (QED) is 0.310. The van der Waals surface area contributed by atoms with Crippen LogP contribution in [0, 0.1) is 5.92 Å². The number of rotatable bonds is 4. The van der Waals surface area contributed by atoms with E-state index in [2.05, 4.69) is 0 Å². The molecule has 0 saturated carbocycles. The molecule has 0 aliphatic carbocycles. The molecule has 1 unspecified atom stereocenters. The van der Waals surface area contributed by atoms with E-state index in [4.69, 9.17) is 15.6 Å². The maximum Gasteiger partial charge on any atom is 0.217 e. The van der Waals surface area contributed by atoms with Gasteiger partial charge in [-0.2, -0.15) is 0 Å². The summed E-state index contributed by atoms with van der Waals surface area (Å²) < 4.78 is 4.74. The van der Waals surface area contributed by atoms with Gasteiger partial charge in [0.05, 0.1) is 6.61 Å². The first-order chi connectivity index (χ1) is 8.25. The number of hydrogen-bond donors (Lipinski definition) is 6. The zero-order chi connectivity index (χ0) is 14.1. The van der Waals surface area contributed by atoms with Crippen LogP contribution in [0.5, 0.6) is 0 Å². The van der Waals surface area contributed by atoms with E-state index >= 15 is 0 Å². The molecule has 1 heterocycles. The van der Waals surface area contributed by atoms with Crippen molar-refractivity contribution in [1.29, 1.82) is 0 Å². The second-order valence-electron chi connectivity index (χ2n) is 4.60. The Bertz CT molecular complexity index is 313. The lowest BCUT2D eigenvalue weighted by Crippen LogP contribution is -2.69. The fourth-order valence-corrected chi connectivity index (χ4v) is 2.22. The maximum atomic E-state index is 10.8. The zero-order valence-electron chi connectivity index (χ0n) is 9.93. The van der Waals surface area contributed by atoms with Gasteiger partial charge in [0.15, 0.2) is 6.29 Å². The van der Waals surface area contributed by atoms with Gasteiger partial charge in [0.1, 0.15) is 23.9 Å². The van der Waals surface area contributed by atoms with E-state index in [1.165, 1.54) is 6.92 Å². The van der Waals surface area contributed by atoms with E-state index in [1.807, 2.05) is 0 Å². The van der Waals surface area contributed by atoms with Crippen LogP contribution in [0.4, 0.5) is 0 Å². The Kier molecular flexibility index (Phi) is 4.65. The summed E-state index contributed by atoms with van der Waals surface area (Å²) in [5, 5.41) is 48.4. The van der Waals surface area contributed by atoms with E-state index in [-0.39, 0.29) is 6.42 Å². The molecule has 0 aromatic rings. The van der Waals surface area contributed by atoms with Crippen molar-refractivity contribution in [3.05, 3.63) is 0 Å². The van der Waals surface area contributed by atoms with Crippen molar-refractivity contribution in [2.75, 3.05) is 6.61 Å². The Balaban J connectivity index is 3.01. The number of amides is 1. The fourth-order valence-electron chi connectivity index (χ4n) is 2.22. The van der Waals surface area contributed by atoms with E-state index in [0.717, 1.165) is 0 Å². The number of nitrogens with two attached hydrogens (primary N) is 1. The highest BCUT2D eigenvalue weighted by Crippen LogP contribution is 2.36. The Morgan fingerprint density at radius 2 is 1.94 bits per heavy atom. The lowest BCUT2D eigenvalue weighted by molar-refractivity contribution is -0.332. The first-order valence-corrected chi connectivity index (χ1v) is 5.56. The zero-order valence-corrected chi connectivity index (χ0v) is 9.93. The maximum absolute atomic E-state index is 10.8. The molecule has 8 nitrogen and oxygen atoms in total. The number of hydrogen-bond acceptors (Lipinski definition) is 7. The topological polar surface area (TPSA) is 153 Å². The lowest BCUT2D eigenvalue weighted by Gasteiger charge is -2.49. The summed E-state index contributed by atoms with van der Waals surface area (Å²) in [7, 11) is 0. The molecule has 8 heteroatoms. The molecule has 0 bridgehead atoms. The van der Waals surface area contributed by atoms with Crippen molar-refractivity contribution in [2.45, 2.75) is 43.5 Å². The highest BCUT2D eigenvalue weighted by molar-refractivity contribution is 5.74. The molecular formula is C10H19NO7. The third-order valence-electron chi connectivity index (χ3n) is 3.36. The minimum absolute atomic E-state index is 0.296. The Morgan fingerprint density at radius 1 is 1.39 bits per heavy atom. The van der Waals surface area contributed by atoms with Crippen molar-refractivity contribution < 1.29 is 35.1 Å². The van der Waals surface area contributed by atoms with Crippen LogP contribution in [0.1, 0.15) is 13.3 Å². The standard InChI is InChI=1S/C10H19NO7/c1-4(2-6(11)13)10(17)7(14)5(3-12)18-9(16)8(10)15/h4-5,7-9,12,14-17H,2-3H2,1H3,(H2,11,13)/t4?,5-,7+,8+,9+,10+/m1/s1. The highest BCUT2D eigenvalue weighted by atomic mass is 16.6. The van der Waals surface area contributed by atoms with Crippen LogP contribution in [0.25, 0.3) is 0 Å². The largest absolute Gasteiger partial charge is 0.394 e. The average Bonchev–Trinajstić information content (AvgIpc) is 2.30. The van der Waals surface area contributed by atoms with Crippen LogP contribution < -0.4 is 5.73 Å². The molecule has 6 atom stereocenters. The molecule has 7 N–H and O–H groups in total. The lowest BCUT2D eigenvalue weighted by atomic mass is 9.74. The van der Waals surface area contributed by atoms with Crippen LogP contribution in [0.15, 0.2) is 0 Å². The van der Waals surface area contributed by atoms with Gasteiger partial charge >= 0.3 is 0 Å². The molecule has 1 fully saturated rings. The summed E-state index contributed by atoms with van der Waals surface area (Å²) in [6, 6.07) is 0. The van der Waals surface area contributed by atoms with Gasteiger partial charge in [0.2, 0.25) is 5.91 Å². The van der Waals surface area contributed by atoms with Gasteiger partial charge in [0.25, 0.3) is 0 Å². The van der Waals surface area contributed by atoms with E-state index in [9.17, 15) is 25.2 Å². The minimum Gasteiger partial charge on any atom is -0.394 e. The molecule has 1 aliphatic rings. The predicted molar refractivity (Wildman–Crippen MR) is 57.9 cm³/mol. The molecule has 106 valence electrons. The van der Waals surface area contributed by atoms with Gasteiger partial charge in [-0.25, -0.2) is 0 Å². The summed E-state index contributed by atoms with van der Waals surface area (Å²) >= 11 is 0. The third kappa shape index (κ3) is 2.48. The molecule has 0 aromatic heterocycles. The molecular weight excluding hydrogens is 246 g/mol. The Morgan fingerprint density at radius 3 is 2.39 bits per heavy atom. The summed E-state index contributed by atoms with van der Waals surface area (Å²) in [4.78, 5) is 10.8. The first-order valence-electron chi connectivity index (χ1n) is 5.56. The van der Waals surface area contributed by atoms with Gasteiger partial charge in [-0.1, -0.05) is 6.92 Å². The SMILES string of the molecule is CC(CC(N)=O)[C@@]1(O)[C@@H](O)[C@@H](O)O[C@H](CO)[C@@H]1O. The van der Waals surface area contributed by atoms with Crippen LogP contribution in [0.3, 0.4) is 0 Å². The van der Waals surface area contributed by atoms with Crippen LogP contribution in [-0.2, 0) is 9.53 Å². The molecule has 0 aromatic carbocycles. The third-order valence-corrected chi connectivity index (χ3v) is 3.36. The molecule has 1 amide bonds. The summed E-state index contributed by atoms with van der Waals surface area (Å²) in [6.45, 7) is 0.736. The molecule has 18 heavy (non-hydrogen) atoms. The van der Waals surface area contributed by atoms with Gasteiger partial charge in [-0.15, -0.1) is 0 Å². The van der Waals surface area contributed by atoms with Gasteiger partial charge in [-0.3, -0.25) is 4.79 Å². The molecule has 1 saturated heterocycles. The number of primary amides is 1. The fraction of sp³-hybridized carbons (Fsp3) is 0.900. The number of aliphatic hydroxyl groups is 5. The predicted octanol–water partition coefficient (Wildman–Crippen LogP) is -3.34. The van der Waals surface area contributed by atoms with E-state index < -0.39 is 48.6 Å². The summed E-state index contributed by atoms with van der Waals surface area (Å²) in [5.41, 5.74) is 2.80. The van der Waals surface area contributed by atoms with Crippen molar-refractivity contribution in [2.24, 2.45) is 11.7 Å².